The second kappa shape index (κ2) is 7.30. The fraction of sp³-hybridized carbons (Fsp3) is 0.680. The number of phenolic OH excluding ortho intramolecular Hbond substituents is 1. The van der Waals surface area contributed by atoms with Gasteiger partial charge in [0.2, 0.25) is 0 Å². The van der Waals surface area contributed by atoms with Gasteiger partial charge in [-0.3, -0.25) is 0 Å². The van der Waals surface area contributed by atoms with Gasteiger partial charge >= 0.3 is 0 Å². The summed E-state index contributed by atoms with van der Waals surface area (Å²) >= 11 is 0. The quantitative estimate of drug-likeness (QED) is 0.729. The zero-order valence-electron chi connectivity index (χ0n) is 17.4. The number of benzene rings is 1. The third-order valence-corrected chi connectivity index (χ3v) is 8.67. The molecule has 2 N–H and O–H groups in total. The molecule has 1 aromatic carbocycles. The lowest BCUT2D eigenvalue weighted by Crippen LogP contribution is -2.45. The normalized spacial score (nSPS) is 35.8. The average molecular weight is 383 g/mol. The molecule has 0 heterocycles. The molecule has 0 bridgehead atoms. The summed E-state index contributed by atoms with van der Waals surface area (Å²) in [6.07, 6.45) is 12.6. The number of rotatable bonds is 4. The summed E-state index contributed by atoms with van der Waals surface area (Å²) in [5, 5.41) is 20.7. The van der Waals surface area contributed by atoms with Crippen molar-refractivity contribution in [2.24, 2.45) is 29.1 Å². The van der Waals surface area contributed by atoms with E-state index in [1.165, 1.54) is 43.2 Å². The van der Waals surface area contributed by atoms with Crippen LogP contribution >= 0.6 is 0 Å². The smallest absolute Gasteiger partial charge is 0.160 e. The predicted molar refractivity (Wildman–Crippen MR) is 111 cm³/mol. The zero-order valence-corrected chi connectivity index (χ0v) is 17.4. The van der Waals surface area contributed by atoms with Gasteiger partial charge in [-0.15, -0.1) is 12.3 Å². The van der Waals surface area contributed by atoms with E-state index in [1.807, 2.05) is 6.07 Å². The number of hydrogen-bond acceptors (Lipinski definition) is 3. The number of methoxy groups -OCH3 is 1. The van der Waals surface area contributed by atoms with Gasteiger partial charge < -0.3 is 14.9 Å². The number of hydrogen-bond donors (Lipinski definition) is 2. The maximum Gasteiger partial charge on any atom is 0.160 e. The highest BCUT2D eigenvalue weighted by Gasteiger charge is 2.56. The highest BCUT2D eigenvalue weighted by Crippen LogP contribution is 2.64. The van der Waals surface area contributed by atoms with Crippen LogP contribution in [0.1, 0.15) is 69.4 Å². The van der Waals surface area contributed by atoms with E-state index in [1.54, 1.807) is 7.11 Å². The van der Waals surface area contributed by atoms with Crippen molar-refractivity contribution in [2.75, 3.05) is 7.11 Å². The molecule has 28 heavy (non-hydrogen) atoms. The van der Waals surface area contributed by atoms with Crippen molar-refractivity contribution >= 4 is 0 Å². The number of phenols is 1. The standard InChI is InChI=1S/C25H34O3/c1-5-6-22(26)15(2)20-9-10-21-18-8-7-16-13-23(27)24(28-4)14-19(16)17(18)11-12-25(20,21)3/h1,13-15,17-18,20-22,26-27H,6-12H2,2-4H3/t15-,17?,18?,20?,21?,22?,25+/m0/s1. The van der Waals surface area contributed by atoms with Crippen molar-refractivity contribution in [2.45, 2.75) is 70.8 Å². The van der Waals surface area contributed by atoms with Crippen molar-refractivity contribution in [3.8, 4) is 23.8 Å². The van der Waals surface area contributed by atoms with Gasteiger partial charge in [0.15, 0.2) is 11.5 Å². The molecule has 3 heteroatoms. The SMILES string of the molecule is C#CCC(O)[C@@H](C)C1CCC2C3CCc4cc(O)c(OC)cc4C3CC[C@@]21C. The van der Waals surface area contributed by atoms with Crippen molar-refractivity contribution in [3.05, 3.63) is 23.3 Å². The second-order valence-corrected chi connectivity index (χ2v) is 9.70. The fourth-order valence-electron chi connectivity index (χ4n) is 7.23. The Balaban J connectivity index is 1.61. The lowest BCUT2D eigenvalue weighted by molar-refractivity contribution is -0.0184. The number of aromatic hydroxyl groups is 1. The summed E-state index contributed by atoms with van der Waals surface area (Å²) in [6, 6.07) is 4.02. The zero-order chi connectivity index (χ0) is 20.1. The molecular weight excluding hydrogens is 348 g/mol. The topological polar surface area (TPSA) is 49.7 Å². The van der Waals surface area contributed by atoms with E-state index >= 15 is 0 Å². The molecule has 2 fully saturated rings. The van der Waals surface area contributed by atoms with Gasteiger partial charge in [-0.25, -0.2) is 0 Å². The van der Waals surface area contributed by atoms with Crippen LogP contribution in [0.3, 0.4) is 0 Å². The minimum absolute atomic E-state index is 0.260. The Morgan fingerprint density at radius 3 is 2.79 bits per heavy atom. The van der Waals surface area contributed by atoms with Gasteiger partial charge in [0, 0.05) is 6.42 Å². The van der Waals surface area contributed by atoms with E-state index in [4.69, 9.17) is 11.2 Å². The number of aliphatic hydroxyl groups is 1. The molecule has 0 amide bonds. The first-order valence-corrected chi connectivity index (χ1v) is 10.9. The van der Waals surface area contributed by atoms with Crippen molar-refractivity contribution in [1.82, 2.24) is 0 Å². The Morgan fingerprint density at radius 2 is 2.07 bits per heavy atom. The predicted octanol–water partition coefficient (Wildman–Crippen LogP) is 4.89. The maximum absolute atomic E-state index is 10.5. The Morgan fingerprint density at radius 1 is 1.29 bits per heavy atom. The van der Waals surface area contributed by atoms with Crippen LogP contribution in [0.4, 0.5) is 0 Å². The lowest BCUT2D eigenvalue weighted by Gasteiger charge is -2.52. The third-order valence-electron chi connectivity index (χ3n) is 8.67. The molecule has 4 rings (SSSR count). The first-order valence-electron chi connectivity index (χ1n) is 10.9. The van der Waals surface area contributed by atoms with Crippen LogP contribution in [0, 0.1) is 41.4 Å². The second-order valence-electron chi connectivity index (χ2n) is 9.70. The molecule has 3 nitrogen and oxygen atoms in total. The molecular formula is C25H34O3. The van der Waals surface area contributed by atoms with E-state index in [9.17, 15) is 10.2 Å². The Kier molecular flexibility index (Phi) is 5.12. The van der Waals surface area contributed by atoms with Gasteiger partial charge in [0.25, 0.3) is 0 Å². The number of ether oxygens (including phenoxy) is 1. The van der Waals surface area contributed by atoms with Crippen molar-refractivity contribution in [1.29, 1.82) is 0 Å². The van der Waals surface area contributed by atoms with E-state index in [-0.39, 0.29) is 17.8 Å². The van der Waals surface area contributed by atoms with Crippen LogP contribution in [0.2, 0.25) is 0 Å². The third kappa shape index (κ3) is 2.92. The molecule has 0 aliphatic heterocycles. The first kappa shape index (κ1) is 19.6. The number of fused-ring (bicyclic) bond motifs is 5. The molecule has 0 aromatic heterocycles. The number of terminal acetylenes is 1. The van der Waals surface area contributed by atoms with E-state index in [0.29, 0.717) is 41.3 Å². The summed E-state index contributed by atoms with van der Waals surface area (Å²) in [5.41, 5.74) is 3.00. The molecule has 152 valence electrons. The Hall–Kier alpha value is -1.66. The first-order chi connectivity index (χ1) is 13.4. The number of aryl methyl sites for hydroxylation is 1. The van der Waals surface area contributed by atoms with E-state index in [2.05, 4.69) is 25.8 Å². The summed E-state index contributed by atoms with van der Waals surface area (Å²) in [7, 11) is 1.63. The van der Waals surface area contributed by atoms with Gasteiger partial charge in [0.1, 0.15) is 0 Å². The highest BCUT2D eigenvalue weighted by atomic mass is 16.5. The van der Waals surface area contributed by atoms with E-state index < -0.39 is 0 Å². The molecule has 0 saturated heterocycles. The molecule has 0 radical (unpaired) electrons. The van der Waals surface area contributed by atoms with Gasteiger partial charge in [0.05, 0.1) is 13.2 Å². The summed E-state index contributed by atoms with van der Waals surface area (Å²) in [4.78, 5) is 0. The molecule has 1 aromatic rings. The lowest BCUT2D eigenvalue weighted by atomic mass is 9.53. The van der Waals surface area contributed by atoms with E-state index in [0.717, 1.165) is 6.42 Å². The highest BCUT2D eigenvalue weighted by molar-refractivity contribution is 5.49. The molecule has 5 unspecified atom stereocenters. The van der Waals surface area contributed by atoms with Crippen LogP contribution in [-0.2, 0) is 6.42 Å². The largest absolute Gasteiger partial charge is 0.504 e. The Labute approximate surface area is 169 Å². The van der Waals surface area contributed by atoms with Crippen LogP contribution < -0.4 is 4.74 Å². The average Bonchev–Trinajstić information content (AvgIpc) is 3.04. The van der Waals surface area contributed by atoms with Crippen LogP contribution in [0.25, 0.3) is 0 Å². The monoisotopic (exact) mass is 382 g/mol. The maximum atomic E-state index is 10.5. The van der Waals surface area contributed by atoms with Gasteiger partial charge in [-0.1, -0.05) is 13.8 Å². The van der Waals surface area contributed by atoms with Crippen molar-refractivity contribution < 1.29 is 14.9 Å². The minimum Gasteiger partial charge on any atom is -0.504 e. The number of aliphatic hydroxyl groups excluding tert-OH is 1. The summed E-state index contributed by atoms with van der Waals surface area (Å²) in [6.45, 7) is 4.69. The van der Waals surface area contributed by atoms with Gasteiger partial charge in [-0.05, 0) is 96.8 Å². The fourth-order valence-corrected chi connectivity index (χ4v) is 7.23. The molecule has 2 saturated carbocycles. The molecule has 7 atom stereocenters. The minimum atomic E-state index is -0.386. The molecule has 3 aliphatic carbocycles. The summed E-state index contributed by atoms with van der Waals surface area (Å²) in [5.74, 6) is 6.30. The van der Waals surface area contributed by atoms with Crippen LogP contribution in [-0.4, -0.2) is 23.4 Å². The van der Waals surface area contributed by atoms with Crippen molar-refractivity contribution in [3.63, 3.8) is 0 Å². The Bertz CT molecular complexity index is 779. The van der Waals surface area contributed by atoms with Crippen LogP contribution in [0.5, 0.6) is 11.5 Å². The van der Waals surface area contributed by atoms with Gasteiger partial charge in [-0.2, -0.15) is 0 Å². The molecule has 3 aliphatic rings. The molecule has 0 spiro atoms. The summed E-state index contributed by atoms with van der Waals surface area (Å²) < 4.78 is 5.40. The van der Waals surface area contributed by atoms with Crippen LogP contribution in [0.15, 0.2) is 12.1 Å².